The van der Waals surface area contributed by atoms with E-state index in [1.54, 1.807) is 13.2 Å². The van der Waals surface area contributed by atoms with E-state index < -0.39 is 0 Å². The largest absolute Gasteiger partial charge is 0.497 e. The summed E-state index contributed by atoms with van der Waals surface area (Å²) in [7, 11) is 1.63. The fourth-order valence-electron chi connectivity index (χ4n) is 2.20. The van der Waals surface area contributed by atoms with Gasteiger partial charge in [0.05, 0.1) is 12.7 Å². The van der Waals surface area contributed by atoms with Crippen molar-refractivity contribution in [1.29, 1.82) is 0 Å². The highest BCUT2D eigenvalue weighted by Gasteiger charge is 2.24. The minimum Gasteiger partial charge on any atom is -0.497 e. The predicted octanol–water partition coefficient (Wildman–Crippen LogP) is 2.55. The van der Waals surface area contributed by atoms with Gasteiger partial charge in [-0.15, -0.1) is 0 Å². The lowest BCUT2D eigenvalue weighted by Crippen LogP contribution is -2.38. The lowest BCUT2D eigenvalue weighted by molar-refractivity contribution is 0.0935. The molecule has 4 heteroatoms. The van der Waals surface area contributed by atoms with E-state index in [9.17, 15) is 4.79 Å². The Labute approximate surface area is 111 Å². The molecule has 4 nitrogen and oxygen atoms in total. The number of amides is 1. The summed E-state index contributed by atoms with van der Waals surface area (Å²) in [4.78, 5) is 12.0. The molecule has 2 aromatic rings. The van der Waals surface area contributed by atoms with Crippen molar-refractivity contribution in [3.8, 4) is 5.75 Å². The Hall–Kier alpha value is -2.49. The van der Waals surface area contributed by atoms with Crippen molar-refractivity contribution >= 4 is 11.6 Å². The number of ether oxygens (including phenoxy) is 1. The first-order valence-electron chi connectivity index (χ1n) is 6.08. The smallest absolute Gasteiger partial charge is 0.255 e. The maximum Gasteiger partial charge on any atom is 0.255 e. The SMILES string of the molecule is COc1cccc([C@H]2NC(=O)c3ccccc3N2)c1. The second-order valence-electron chi connectivity index (χ2n) is 4.37. The van der Waals surface area contributed by atoms with E-state index in [1.807, 2.05) is 42.5 Å². The molecule has 0 aromatic heterocycles. The molecule has 0 aliphatic carbocycles. The van der Waals surface area contributed by atoms with E-state index in [4.69, 9.17) is 4.74 Å². The lowest BCUT2D eigenvalue weighted by atomic mass is 10.1. The van der Waals surface area contributed by atoms with Gasteiger partial charge in [0.15, 0.2) is 0 Å². The minimum absolute atomic E-state index is 0.0674. The third kappa shape index (κ3) is 2.12. The summed E-state index contributed by atoms with van der Waals surface area (Å²) in [6, 6.07) is 15.1. The maximum absolute atomic E-state index is 12.0. The molecule has 2 N–H and O–H groups in total. The first-order chi connectivity index (χ1) is 9.28. The molecule has 0 radical (unpaired) electrons. The van der Waals surface area contributed by atoms with Gasteiger partial charge in [0, 0.05) is 5.69 Å². The minimum atomic E-state index is -0.238. The molecule has 2 aromatic carbocycles. The van der Waals surface area contributed by atoms with E-state index >= 15 is 0 Å². The number of anilines is 1. The van der Waals surface area contributed by atoms with Crippen molar-refractivity contribution in [1.82, 2.24) is 5.32 Å². The Balaban J connectivity index is 1.94. The van der Waals surface area contributed by atoms with E-state index in [0.29, 0.717) is 5.56 Å². The summed E-state index contributed by atoms with van der Waals surface area (Å²) in [6.07, 6.45) is -0.238. The summed E-state index contributed by atoms with van der Waals surface area (Å²) in [6.45, 7) is 0. The number of hydrogen-bond acceptors (Lipinski definition) is 3. The second-order valence-corrected chi connectivity index (χ2v) is 4.37. The molecule has 3 rings (SSSR count). The summed E-state index contributed by atoms with van der Waals surface area (Å²) in [5.74, 6) is 0.703. The highest BCUT2D eigenvalue weighted by molar-refractivity contribution is 6.01. The van der Waals surface area contributed by atoms with Crippen LogP contribution in [-0.4, -0.2) is 13.0 Å². The molecule has 19 heavy (non-hydrogen) atoms. The normalized spacial score (nSPS) is 17.1. The molecule has 96 valence electrons. The molecule has 0 spiro atoms. The van der Waals surface area contributed by atoms with Gasteiger partial charge >= 0.3 is 0 Å². The molecule has 0 fully saturated rings. The number of fused-ring (bicyclic) bond motifs is 1. The molecule has 1 atom stereocenters. The molecule has 0 saturated heterocycles. The van der Waals surface area contributed by atoms with Gasteiger partial charge in [-0.1, -0.05) is 24.3 Å². The van der Waals surface area contributed by atoms with E-state index in [2.05, 4.69) is 10.6 Å². The number of carbonyl (C=O) groups excluding carboxylic acids is 1. The van der Waals surface area contributed by atoms with Gasteiger partial charge in [0.2, 0.25) is 0 Å². The second kappa shape index (κ2) is 4.65. The number of benzene rings is 2. The highest BCUT2D eigenvalue weighted by Crippen LogP contribution is 2.27. The maximum atomic E-state index is 12.0. The molecular weight excluding hydrogens is 240 g/mol. The van der Waals surface area contributed by atoms with Crippen LogP contribution in [-0.2, 0) is 0 Å². The summed E-state index contributed by atoms with van der Waals surface area (Å²) < 4.78 is 5.20. The number of para-hydroxylation sites is 1. The van der Waals surface area contributed by atoms with Crippen LogP contribution >= 0.6 is 0 Å². The van der Waals surface area contributed by atoms with Gasteiger partial charge in [-0.05, 0) is 29.8 Å². The average Bonchev–Trinajstić information content (AvgIpc) is 2.47. The van der Waals surface area contributed by atoms with Crippen molar-refractivity contribution in [2.45, 2.75) is 6.17 Å². The first-order valence-corrected chi connectivity index (χ1v) is 6.08. The molecule has 1 aliphatic heterocycles. The van der Waals surface area contributed by atoms with Crippen LogP contribution in [0.4, 0.5) is 5.69 Å². The quantitative estimate of drug-likeness (QED) is 0.866. The number of methoxy groups -OCH3 is 1. The third-order valence-corrected chi connectivity index (χ3v) is 3.17. The number of rotatable bonds is 2. The van der Waals surface area contributed by atoms with Crippen molar-refractivity contribution in [2.75, 3.05) is 12.4 Å². The van der Waals surface area contributed by atoms with E-state index in [1.165, 1.54) is 0 Å². The summed E-state index contributed by atoms with van der Waals surface area (Å²) in [5.41, 5.74) is 2.47. The van der Waals surface area contributed by atoms with Crippen LogP contribution in [0.25, 0.3) is 0 Å². The predicted molar refractivity (Wildman–Crippen MR) is 73.3 cm³/mol. The Kier molecular flexibility index (Phi) is 2.83. The Bertz CT molecular complexity index is 625. The molecular formula is C15H14N2O2. The van der Waals surface area contributed by atoms with Gasteiger partial charge < -0.3 is 15.4 Å². The fraction of sp³-hybridized carbons (Fsp3) is 0.133. The van der Waals surface area contributed by atoms with Crippen molar-refractivity contribution in [2.24, 2.45) is 0 Å². The van der Waals surface area contributed by atoms with Crippen LogP contribution < -0.4 is 15.4 Å². The van der Waals surface area contributed by atoms with Crippen LogP contribution in [0.1, 0.15) is 22.1 Å². The molecule has 1 heterocycles. The zero-order valence-electron chi connectivity index (χ0n) is 10.5. The Morgan fingerprint density at radius 1 is 1.05 bits per heavy atom. The van der Waals surface area contributed by atoms with Crippen LogP contribution in [0, 0.1) is 0 Å². The zero-order chi connectivity index (χ0) is 13.2. The summed E-state index contributed by atoms with van der Waals surface area (Å²) in [5, 5.41) is 6.24. The van der Waals surface area contributed by atoms with Crippen molar-refractivity contribution in [3.05, 3.63) is 59.7 Å². The number of carbonyl (C=O) groups is 1. The van der Waals surface area contributed by atoms with Gasteiger partial charge in [0.1, 0.15) is 11.9 Å². The standard InChI is InChI=1S/C15H14N2O2/c1-19-11-6-4-5-10(9-11)14-16-13-8-3-2-7-12(13)15(18)17-14/h2-9,14,16H,1H3,(H,17,18)/t14-/m1/s1. The Morgan fingerprint density at radius 3 is 2.74 bits per heavy atom. The zero-order valence-corrected chi connectivity index (χ0v) is 10.5. The monoisotopic (exact) mass is 254 g/mol. The topological polar surface area (TPSA) is 50.4 Å². The number of hydrogen-bond donors (Lipinski definition) is 2. The van der Waals surface area contributed by atoms with Crippen molar-refractivity contribution in [3.63, 3.8) is 0 Å². The molecule has 0 saturated carbocycles. The fourth-order valence-corrected chi connectivity index (χ4v) is 2.20. The van der Waals surface area contributed by atoms with Crippen molar-refractivity contribution < 1.29 is 9.53 Å². The van der Waals surface area contributed by atoms with Crippen LogP contribution in [0.3, 0.4) is 0 Å². The highest BCUT2D eigenvalue weighted by atomic mass is 16.5. The third-order valence-electron chi connectivity index (χ3n) is 3.17. The van der Waals surface area contributed by atoms with E-state index in [-0.39, 0.29) is 12.1 Å². The average molecular weight is 254 g/mol. The molecule has 0 unspecified atom stereocenters. The molecule has 1 aliphatic rings. The van der Waals surface area contributed by atoms with Crippen LogP contribution in [0.15, 0.2) is 48.5 Å². The lowest BCUT2D eigenvalue weighted by Gasteiger charge is -2.28. The first kappa shape index (κ1) is 11.6. The van der Waals surface area contributed by atoms with Crippen LogP contribution in [0.5, 0.6) is 5.75 Å². The summed E-state index contributed by atoms with van der Waals surface area (Å²) >= 11 is 0. The van der Waals surface area contributed by atoms with Gasteiger partial charge in [-0.25, -0.2) is 0 Å². The van der Waals surface area contributed by atoms with E-state index in [0.717, 1.165) is 17.0 Å². The number of nitrogens with one attached hydrogen (secondary N) is 2. The molecule has 0 bridgehead atoms. The van der Waals surface area contributed by atoms with Gasteiger partial charge in [-0.2, -0.15) is 0 Å². The molecule has 1 amide bonds. The van der Waals surface area contributed by atoms with Gasteiger partial charge in [0.25, 0.3) is 5.91 Å². The van der Waals surface area contributed by atoms with Gasteiger partial charge in [-0.3, -0.25) is 4.79 Å². The Morgan fingerprint density at radius 2 is 1.89 bits per heavy atom. The van der Waals surface area contributed by atoms with Crippen LogP contribution in [0.2, 0.25) is 0 Å².